The van der Waals surface area contributed by atoms with E-state index in [4.69, 9.17) is 9.47 Å². The van der Waals surface area contributed by atoms with E-state index in [1.165, 1.54) is 9.79 Å². The number of fused-ring (bicyclic) bond motifs is 2. The zero-order valence-electron chi connectivity index (χ0n) is 17.8. The molecule has 0 radical (unpaired) electrons. The normalized spacial score (nSPS) is 11.2. The Morgan fingerprint density at radius 1 is 0.613 bits per heavy atom. The van der Waals surface area contributed by atoms with E-state index >= 15 is 0 Å². The van der Waals surface area contributed by atoms with Crippen molar-refractivity contribution in [1.82, 2.24) is 0 Å². The first-order chi connectivity index (χ1) is 15.3. The Morgan fingerprint density at radius 2 is 1.19 bits per heavy atom. The maximum Gasteiger partial charge on any atom is 0.136 e. The largest absolute Gasteiger partial charge is 0.491 e. The molecular weight excluding hydrogens is 440 g/mol. The van der Waals surface area contributed by atoms with Gasteiger partial charge in [0.1, 0.15) is 11.5 Å². The van der Waals surface area contributed by atoms with Gasteiger partial charge >= 0.3 is 0 Å². The molecule has 4 aromatic rings. The summed E-state index contributed by atoms with van der Waals surface area (Å²) in [5.74, 6) is 3.82. The molecule has 0 fully saturated rings. The third-order valence-electron chi connectivity index (χ3n) is 4.95. The molecule has 0 spiro atoms. The molecule has 4 rings (SSSR count). The van der Waals surface area contributed by atoms with Crippen LogP contribution >= 0.6 is 35.3 Å². The summed E-state index contributed by atoms with van der Waals surface area (Å²) < 4.78 is 12.8. The molecule has 2 nitrogen and oxygen atoms in total. The molecule has 0 aliphatic rings. The Morgan fingerprint density at radius 3 is 1.87 bits per heavy atom. The van der Waals surface area contributed by atoms with Crippen molar-refractivity contribution in [2.24, 2.45) is 0 Å². The summed E-state index contributed by atoms with van der Waals surface area (Å²) >= 11 is 5.37. The van der Waals surface area contributed by atoms with Crippen LogP contribution in [0.5, 0.6) is 11.5 Å². The Hall–Kier alpha value is -1.95. The van der Waals surface area contributed by atoms with Gasteiger partial charge in [-0.25, -0.2) is 0 Å². The molecule has 0 amide bonds. The number of ether oxygens (including phenoxy) is 2. The highest BCUT2D eigenvalue weighted by Gasteiger charge is 2.19. The number of thioether (sulfide) groups is 2. The summed E-state index contributed by atoms with van der Waals surface area (Å²) in [5.41, 5.74) is 0. The van der Waals surface area contributed by atoms with Crippen molar-refractivity contribution in [2.45, 2.75) is 9.79 Å². The van der Waals surface area contributed by atoms with Gasteiger partial charge in [-0.3, -0.25) is 0 Å². The van der Waals surface area contributed by atoms with Crippen LogP contribution in [0.25, 0.3) is 21.5 Å². The number of hydrogen-bond acceptors (Lipinski definition) is 5. The van der Waals surface area contributed by atoms with Gasteiger partial charge in [0.2, 0.25) is 0 Å². The molecule has 31 heavy (non-hydrogen) atoms. The predicted octanol–water partition coefficient (Wildman–Crippen LogP) is 7.63. The Bertz CT molecular complexity index is 1150. The molecule has 0 heterocycles. The minimum atomic E-state index is 0.678. The molecule has 5 heteroatoms. The van der Waals surface area contributed by atoms with E-state index in [2.05, 4.69) is 85.3 Å². The van der Waals surface area contributed by atoms with Crippen LogP contribution in [0.1, 0.15) is 0 Å². The van der Waals surface area contributed by atoms with Crippen LogP contribution in [0.2, 0.25) is 0 Å². The molecule has 0 saturated heterocycles. The smallest absolute Gasteiger partial charge is 0.136 e. The lowest BCUT2D eigenvalue weighted by Crippen LogP contribution is -2.04. The lowest BCUT2D eigenvalue weighted by molar-refractivity contribution is 0.346. The van der Waals surface area contributed by atoms with Gasteiger partial charge in [0.25, 0.3) is 0 Å². The second kappa shape index (κ2) is 11.1. The molecule has 160 valence electrons. The van der Waals surface area contributed by atoms with E-state index in [9.17, 15) is 0 Å². The van der Waals surface area contributed by atoms with E-state index < -0.39 is 0 Å². The summed E-state index contributed by atoms with van der Waals surface area (Å²) in [4.78, 5) is 2.39. The molecular formula is C26H26O2S3. The van der Waals surface area contributed by atoms with Crippen LogP contribution < -0.4 is 9.47 Å². The van der Waals surface area contributed by atoms with Crippen LogP contribution in [-0.4, -0.2) is 37.2 Å². The average Bonchev–Trinajstić information content (AvgIpc) is 2.81. The monoisotopic (exact) mass is 466 g/mol. The molecule has 0 atom stereocenters. The average molecular weight is 467 g/mol. The van der Waals surface area contributed by atoms with Crippen LogP contribution in [0.4, 0.5) is 0 Å². The van der Waals surface area contributed by atoms with E-state index in [0.717, 1.165) is 44.5 Å². The third-order valence-corrected chi connectivity index (χ3v) is 7.17. The van der Waals surface area contributed by atoms with Crippen molar-refractivity contribution >= 4 is 56.8 Å². The standard InChI is InChI=1S/C26H26O2S3/c1-29-17-15-27-25-20-11-6-7-12-21(20)26(28-16-18-30-2)24-22(25)13-8-14-23(24)31-19-9-4-3-5-10-19/h3-14H,15-18H2,1-2H3. The summed E-state index contributed by atoms with van der Waals surface area (Å²) in [6, 6.07) is 25.4. The van der Waals surface area contributed by atoms with Crippen LogP contribution in [0, 0.1) is 0 Å². The van der Waals surface area contributed by atoms with Crippen LogP contribution in [0.15, 0.2) is 82.6 Å². The third kappa shape index (κ3) is 5.11. The SMILES string of the molecule is CSCCOc1c2ccccc2c(OCCSC)c2c(Sc3ccccc3)cccc12. The summed E-state index contributed by atoms with van der Waals surface area (Å²) in [7, 11) is 0. The van der Waals surface area contributed by atoms with Crippen molar-refractivity contribution in [3.63, 3.8) is 0 Å². The van der Waals surface area contributed by atoms with Gasteiger partial charge < -0.3 is 9.47 Å². The molecule has 4 aromatic carbocycles. The Kier molecular flexibility index (Phi) is 7.95. The fraction of sp³-hybridized carbons (Fsp3) is 0.231. The van der Waals surface area contributed by atoms with Gasteiger partial charge in [0, 0.05) is 42.8 Å². The Labute approximate surface area is 197 Å². The lowest BCUT2D eigenvalue weighted by atomic mass is 10.0. The van der Waals surface area contributed by atoms with Crippen LogP contribution in [0.3, 0.4) is 0 Å². The topological polar surface area (TPSA) is 18.5 Å². The quantitative estimate of drug-likeness (QED) is 0.176. The van der Waals surface area contributed by atoms with Crippen molar-refractivity contribution in [3.05, 3.63) is 72.8 Å². The van der Waals surface area contributed by atoms with Gasteiger partial charge in [0.15, 0.2) is 0 Å². The molecule has 0 aromatic heterocycles. The zero-order valence-corrected chi connectivity index (χ0v) is 20.2. The fourth-order valence-corrected chi connectivity index (χ4v) is 5.07. The van der Waals surface area contributed by atoms with Gasteiger partial charge in [0.05, 0.1) is 13.2 Å². The molecule has 0 N–H and O–H groups in total. The first-order valence-corrected chi connectivity index (χ1v) is 13.9. The van der Waals surface area contributed by atoms with Gasteiger partial charge in [-0.2, -0.15) is 23.5 Å². The zero-order chi connectivity index (χ0) is 21.5. The molecule has 0 aliphatic heterocycles. The van der Waals surface area contributed by atoms with Gasteiger partial charge in [-0.1, -0.05) is 66.4 Å². The summed E-state index contributed by atoms with van der Waals surface area (Å²) in [5, 5.41) is 4.46. The highest BCUT2D eigenvalue weighted by atomic mass is 32.2. The molecule has 0 aliphatic carbocycles. The minimum Gasteiger partial charge on any atom is -0.491 e. The van der Waals surface area contributed by atoms with E-state index in [1.807, 2.05) is 0 Å². The van der Waals surface area contributed by atoms with Crippen molar-refractivity contribution in [1.29, 1.82) is 0 Å². The van der Waals surface area contributed by atoms with E-state index in [-0.39, 0.29) is 0 Å². The number of benzene rings is 4. The van der Waals surface area contributed by atoms with Crippen molar-refractivity contribution in [3.8, 4) is 11.5 Å². The number of hydrogen-bond donors (Lipinski definition) is 0. The summed E-state index contributed by atoms with van der Waals surface area (Å²) in [6.07, 6.45) is 4.22. The summed E-state index contributed by atoms with van der Waals surface area (Å²) in [6.45, 7) is 1.36. The van der Waals surface area contributed by atoms with Gasteiger partial charge in [-0.15, -0.1) is 0 Å². The van der Waals surface area contributed by atoms with E-state index in [0.29, 0.717) is 13.2 Å². The second-order valence-corrected chi connectivity index (χ2v) is 10.1. The lowest BCUT2D eigenvalue weighted by Gasteiger charge is -2.19. The molecule has 0 unspecified atom stereocenters. The van der Waals surface area contributed by atoms with Gasteiger partial charge in [-0.05, 0) is 30.7 Å². The number of rotatable bonds is 10. The maximum atomic E-state index is 6.44. The van der Waals surface area contributed by atoms with Crippen molar-refractivity contribution in [2.75, 3.05) is 37.2 Å². The second-order valence-electron chi connectivity index (χ2n) is 6.98. The first-order valence-electron chi connectivity index (χ1n) is 10.3. The minimum absolute atomic E-state index is 0.678. The fourth-order valence-electron chi connectivity index (χ4n) is 3.57. The highest BCUT2D eigenvalue weighted by molar-refractivity contribution is 7.99. The molecule has 0 saturated carbocycles. The maximum absolute atomic E-state index is 6.44. The first kappa shape index (κ1) is 22.3. The van der Waals surface area contributed by atoms with Crippen molar-refractivity contribution < 1.29 is 9.47 Å². The van der Waals surface area contributed by atoms with E-state index in [1.54, 1.807) is 35.3 Å². The predicted molar refractivity (Wildman–Crippen MR) is 140 cm³/mol. The highest BCUT2D eigenvalue weighted by Crippen LogP contribution is 2.47. The molecule has 0 bridgehead atoms. The van der Waals surface area contributed by atoms with Crippen LogP contribution in [-0.2, 0) is 0 Å². The Balaban J connectivity index is 1.94.